The van der Waals surface area contributed by atoms with Gasteiger partial charge in [0.25, 0.3) is 0 Å². The summed E-state index contributed by atoms with van der Waals surface area (Å²) < 4.78 is 23.8. The SMILES string of the molecule is Cc1nn(C)c(=O)n1N1CCN(c2ccc(OC[C@@H]3CO[C@@](Cn4ccnc4)(c4ccc(Cl)cc4Cl)O3)cc2)CC1. The number of anilines is 1. The van der Waals surface area contributed by atoms with Crippen LogP contribution in [0, 0.1) is 6.92 Å². The number of aryl methyl sites for hydroxylation is 2. The molecule has 0 amide bonds. The second kappa shape index (κ2) is 11.4. The number of aromatic nitrogens is 5. The monoisotopic (exact) mass is 599 g/mol. The van der Waals surface area contributed by atoms with E-state index >= 15 is 0 Å². The van der Waals surface area contributed by atoms with E-state index in [0.29, 0.717) is 41.2 Å². The molecule has 2 fully saturated rings. The van der Waals surface area contributed by atoms with Gasteiger partial charge in [-0.1, -0.05) is 29.3 Å². The summed E-state index contributed by atoms with van der Waals surface area (Å²) in [5.41, 5.74) is 1.68. The number of nitrogens with zero attached hydrogens (tertiary/aromatic N) is 7. The quantitative estimate of drug-likeness (QED) is 0.305. The summed E-state index contributed by atoms with van der Waals surface area (Å²) in [6.45, 7) is 5.92. The maximum Gasteiger partial charge on any atom is 0.364 e. The molecule has 0 radical (unpaired) electrons. The largest absolute Gasteiger partial charge is 0.491 e. The van der Waals surface area contributed by atoms with Crippen molar-refractivity contribution in [3.8, 4) is 5.75 Å². The minimum atomic E-state index is -1.10. The van der Waals surface area contributed by atoms with Crippen LogP contribution in [0.3, 0.4) is 0 Å². The molecule has 0 unspecified atom stereocenters. The summed E-state index contributed by atoms with van der Waals surface area (Å²) in [6, 6.07) is 13.3. The molecule has 0 aliphatic carbocycles. The molecule has 2 aromatic heterocycles. The summed E-state index contributed by atoms with van der Waals surface area (Å²) in [6.07, 6.45) is 4.96. The van der Waals surface area contributed by atoms with Crippen molar-refractivity contribution in [2.45, 2.75) is 25.4 Å². The van der Waals surface area contributed by atoms with Gasteiger partial charge in [0, 0.05) is 48.8 Å². The normalized spacial score (nSPS) is 21.0. The Hall–Kier alpha value is -3.51. The predicted octanol–water partition coefficient (Wildman–Crippen LogP) is 3.20. The molecule has 216 valence electrons. The fraction of sp³-hybridized carbons (Fsp3) is 0.393. The first-order chi connectivity index (χ1) is 19.8. The topological polar surface area (TPSA) is 91.8 Å². The van der Waals surface area contributed by atoms with Gasteiger partial charge in [0.15, 0.2) is 5.82 Å². The first kappa shape index (κ1) is 27.6. The average molecular weight is 601 g/mol. The van der Waals surface area contributed by atoms with E-state index < -0.39 is 5.79 Å². The molecule has 0 bridgehead atoms. The minimum absolute atomic E-state index is 0.121. The van der Waals surface area contributed by atoms with Crippen molar-refractivity contribution in [2.24, 2.45) is 7.05 Å². The Balaban J connectivity index is 1.07. The number of piperazine rings is 1. The lowest BCUT2D eigenvalue weighted by atomic mass is 10.1. The Morgan fingerprint density at radius 2 is 1.88 bits per heavy atom. The van der Waals surface area contributed by atoms with Crippen LogP contribution < -0.4 is 20.3 Å². The predicted molar refractivity (Wildman–Crippen MR) is 155 cm³/mol. The van der Waals surface area contributed by atoms with Crippen molar-refractivity contribution in [1.82, 2.24) is 24.0 Å². The fourth-order valence-corrected chi connectivity index (χ4v) is 5.93. The van der Waals surface area contributed by atoms with Crippen LogP contribution in [0.5, 0.6) is 5.75 Å². The van der Waals surface area contributed by atoms with Crippen LogP contribution in [0.2, 0.25) is 10.0 Å². The van der Waals surface area contributed by atoms with Crippen molar-refractivity contribution in [1.29, 1.82) is 0 Å². The highest BCUT2D eigenvalue weighted by molar-refractivity contribution is 6.35. The molecule has 0 spiro atoms. The van der Waals surface area contributed by atoms with E-state index in [4.69, 9.17) is 37.4 Å². The highest BCUT2D eigenvalue weighted by Gasteiger charge is 2.45. The molecule has 2 saturated heterocycles. The smallest absolute Gasteiger partial charge is 0.364 e. The van der Waals surface area contributed by atoms with Crippen LogP contribution in [-0.4, -0.2) is 69.5 Å². The van der Waals surface area contributed by atoms with E-state index in [-0.39, 0.29) is 11.8 Å². The first-order valence-corrected chi connectivity index (χ1v) is 14.2. The molecule has 0 saturated carbocycles. The maximum absolute atomic E-state index is 12.4. The van der Waals surface area contributed by atoms with Crippen molar-refractivity contribution in [2.75, 3.05) is 49.3 Å². The van der Waals surface area contributed by atoms with Gasteiger partial charge in [-0.3, -0.25) is 0 Å². The standard InChI is InChI=1S/C28H31Cl2N7O4/c1-20-32-33(2)27(38)37(20)36-13-11-35(12-14-36)22-4-6-23(7-5-22)39-16-24-17-40-28(41-24,18-34-10-9-31-19-34)25-8-3-21(29)15-26(25)30/h3-10,15,19,24H,11-14,16-18H2,1-2H3/t24-,28-/m1/s1. The number of hydrogen-bond donors (Lipinski definition) is 0. The molecule has 2 aromatic carbocycles. The third-order valence-electron chi connectivity index (χ3n) is 7.39. The van der Waals surface area contributed by atoms with Gasteiger partial charge >= 0.3 is 5.69 Å². The summed E-state index contributed by atoms with van der Waals surface area (Å²) in [7, 11) is 1.67. The van der Waals surface area contributed by atoms with Crippen molar-refractivity contribution in [3.63, 3.8) is 0 Å². The second-order valence-electron chi connectivity index (χ2n) is 10.2. The molecule has 4 aromatic rings. The van der Waals surface area contributed by atoms with E-state index in [9.17, 15) is 4.79 Å². The van der Waals surface area contributed by atoms with Gasteiger partial charge in [0.1, 0.15) is 18.5 Å². The van der Waals surface area contributed by atoms with Gasteiger partial charge in [-0.05, 0) is 43.3 Å². The lowest BCUT2D eigenvalue weighted by Gasteiger charge is -2.37. The van der Waals surface area contributed by atoms with Crippen LogP contribution in [0.4, 0.5) is 5.69 Å². The number of ether oxygens (including phenoxy) is 3. The lowest BCUT2D eigenvalue weighted by Crippen LogP contribution is -2.54. The van der Waals surface area contributed by atoms with Crippen LogP contribution in [0.25, 0.3) is 0 Å². The minimum Gasteiger partial charge on any atom is -0.491 e. The van der Waals surface area contributed by atoms with Crippen LogP contribution in [0.1, 0.15) is 11.4 Å². The summed E-state index contributed by atoms with van der Waals surface area (Å²) >= 11 is 12.7. The van der Waals surface area contributed by atoms with Crippen molar-refractivity contribution < 1.29 is 14.2 Å². The van der Waals surface area contributed by atoms with Gasteiger partial charge in [-0.15, -0.1) is 0 Å². The Labute approximate surface area is 247 Å². The number of halogens is 2. The number of hydrogen-bond acceptors (Lipinski definition) is 8. The van der Waals surface area contributed by atoms with Crippen molar-refractivity contribution >= 4 is 28.9 Å². The molecule has 6 rings (SSSR count). The van der Waals surface area contributed by atoms with E-state index in [0.717, 1.165) is 37.6 Å². The van der Waals surface area contributed by atoms with Gasteiger partial charge in [0.05, 0.1) is 37.6 Å². The zero-order valence-corrected chi connectivity index (χ0v) is 24.3. The average Bonchev–Trinajstić information content (AvgIpc) is 3.68. The molecule has 4 heterocycles. The van der Waals surface area contributed by atoms with E-state index in [2.05, 4.69) is 27.1 Å². The number of imidazole rings is 1. The molecular weight excluding hydrogens is 569 g/mol. The second-order valence-corrected chi connectivity index (χ2v) is 11.0. The molecular formula is C28H31Cl2N7O4. The summed E-state index contributed by atoms with van der Waals surface area (Å²) in [4.78, 5) is 18.8. The molecule has 2 aliphatic heterocycles. The van der Waals surface area contributed by atoms with Gasteiger partial charge in [-0.2, -0.15) is 9.77 Å². The van der Waals surface area contributed by atoms with Crippen molar-refractivity contribution in [3.05, 3.63) is 93.1 Å². The molecule has 41 heavy (non-hydrogen) atoms. The van der Waals surface area contributed by atoms with E-state index in [1.165, 1.54) is 4.68 Å². The third kappa shape index (κ3) is 5.67. The van der Waals surface area contributed by atoms with Gasteiger partial charge < -0.3 is 28.7 Å². The maximum atomic E-state index is 12.4. The molecule has 13 heteroatoms. The molecule has 2 atom stereocenters. The Bertz CT molecular complexity index is 1550. The Morgan fingerprint density at radius 1 is 1.10 bits per heavy atom. The van der Waals surface area contributed by atoms with E-state index in [1.54, 1.807) is 36.4 Å². The Kier molecular flexibility index (Phi) is 7.69. The van der Waals surface area contributed by atoms with Crippen LogP contribution >= 0.6 is 23.2 Å². The Morgan fingerprint density at radius 3 is 2.54 bits per heavy atom. The fourth-order valence-electron chi connectivity index (χ4n) is 5.38. The summed E-state index contributed by atoms with van der Waals surface area (Å²) in [5.74, 6) is 0.339. The molecule has 0 N–H and O–H groups in total. The van der Waals surface area contributed by atoms with Crippen LogP contribution in [0.15, 0.2) is 66.0 Å². The molecule has 2 aliphatic rings. The zero-order chi connectivity index (χ0) is 28.6. The summed E-state index contributed by atoms with van der Waals surface area (Å²) in [5, 5.41) is 7.29. The third-order valence-corrected chi connectivity index (χ3v) is 7.93. The number of rotatable bonds is 8. The highest BCUT2D eigenvalue weighted by atomic mass is 35.5. The van der Waals surface area contributed by atoms with E-state index in [1.807, 2.05) is 40.9 Å². The zero-order valence-electron chi connectivity index (χ0n) is 22.8. The first-order valence-electron chi connectivity index (χ1n) is 13.4. The van der Waals surface area contributed by atoms with Gasteiger partial charge in [-0.25, -0.2) is 14.5 Å². The van der Waals surface area contributed by atoms with Gasteiger partial charge in [0.2, 0.25) is 5.79 Å². The van der Waals surface area contributed by atoms with Crippen LogP contribution in [-0.2, 0) is 28.9 Å². The number of benzene rings is 2. The lowest BCUT2D eigenvalue weighted by molar-refractivity contribution is -0.189. The highest BCUT2D eigenvalue weighted by Crippen LogP contribution is 2.40. The molecule has 11 nitrogen and oxygen atoms in total.